The highest BCUT2D eigenvalue weighted by Crippen LogP contribution is 2.27. The van der Waals surface area contributed by atoms with E-state index in [1.807, 2.05) is 18.2 Å². The third kappa shape index (κ3) is 1.44. The van der Waals surface area contributed by atoms with Crippen LogP contribution in [0.4, 0.5) is 5.69 Å². The normalized spacial score (nSPS) is 21.0. The molecule has 0 unspecified atom stereocenters. The number of hydrogen-bond acceptors (Lipinski definition) is 1. The van der Waals surface area contributed by atoms with Crippen molar-refractivity contribution >= 4 is 12.1 Å². The van der Waals surface area contributed by atoms with Gasteiger partial charge in [-0.2, -0.15) is 0 Å². The van der Waals surface area contributed by atoms with Crippen LogP contribution in [0.3, 0.4) is 0 Å². The molecule has 0 aliphatic carbocycles. The molecule has 68 valence electrons. The van der Waals surface area contributed by atoms with Crippen LogP contribution in [-0.2, 0) is 11.2 Å². The lowest BCUT2D eigenvalue weighted by Gasteiger charge is -2.29. The van der Waals surface area contributed by atoms with Crippen molar-refractivity contribution in [3.8, 4) is 0 Å². The number of carbonyl (C=O) groups excluding carboxylic acids is 1. The average Bonchev–Trinajstić information content (AvgIpc) is 2.16. The van der Waals surface area contributed by atoms with Crippen molar-refractivity contribution in [2.24, 2.45) is 5.92 Å². The molecule has 0 N–H and O–H groups in total. The summed E-state index contributed by atoms with van der Waals surface area (Å²) >= 11 is 0. The second kappa shape index (κ2) is 3.21. The van der Waals surface area contributed by atoms with Crippen LogP contribution in [0.2, 0.25) is 0 Å². The predicted molar refractivity (Wildman–Crippen MR) is 52.7 cm³/mol. The van der Waals surface area contributed by atoms with Gasteiger partial charge < -0.3 is 4.90 Å². The zero-order valence-corrected chi connectivity index (χ0v) is 7.73. The molecule has 1 aliphatic rings. The fraction of sp³-hybridized carbons (Fsp3) is 0.364. The fourth-order valence-corrected chi connectivity index (χ4v) is 1.94. The number of hydrogen-bond donors (Lipinski definition) is 0. The van der Waals surface area contributed by atoms with Crippen molar-refractivity contribution in [2.45, 2.75) is 13.3 Å². The van der Waals surface area contributed by atoms with E-state index in [2.05, 4.69) is 13.0 Å². The molecule has 1 aliphatic heterocycles. The minimum Gasteiger partial charge on any atom is -0.314 e. The van der Waals surface area contributed by atoms with Crippen LogP contribution in [0, 0.1) is 5.92 Å². The van der Waals surface area contributed by atoms with Gasteiger partial charge in [0, 0.05) is 12.2 Å². The first kappa shape index (κ1) is 8.30. The molecule has 2 nitrogen and oxygen atoms in total. The summed E-state index contributed by atoms with van der Waals surface area (Å²) in [6.07, 6.45) is 2.01. The molecule has 0 saturated heterocycles. The Bertz CT molecular complexity index is 322. The highest BCUT2D eigenvalue weighted by Gasteiger charge is 2.20. The zero-order valence-electron chi connectivity index (χ0n) is 7.73. The van der Waals surface area contributed by atoms with Gasteiger partial charge in [0.2, 0.25) is 6.41 Å². The van der Waals surface area contributed by atoms with Gasteiger partial charge in [-0.15, -0.1) is 0 Å². The molecular weight excluding hydrogens is 162 g/mol. The average molecular weight is 175 g/mol. The Morgan fingerprint density at radius 3 is 3.00 bits per heavy atom. The van der Waals surface area contributed by atoms with Gasteiger partial charge in [-0.05, 0) is 24.0 Å². The van der Waals surface area contributed by atoms with Gasteiger partial charge >= 0.3 is 0 Å². The van der Waals surface area contributed by atoms with E-state index in [0.717, 1.165) is 25.1 Å². The maximum absolute atomic E-state index is 10.8. The fourth-order valence-electron chi connectivity index (χ4n) is 1.94. The molecule has 0 aromatic heterocycles. The largest absolute Gasteiger partial charge is 0.314 e. The van der Waals surface area contributed by atoms with Crippen molar-refractivity contribution < 1.29 is 4.79 Å². The van der Waals surface area contributed by atoms with Crippen molar-refractivity contribution in [1.82, 2.24) is 0 Å². The molecular formula is C11H13NO. The summed E-state index contributed by atoms with van der Waals surface area (Å²) in [5.41, 5.74) is 2.36. The topological polar surface area (TPSA) is 20.3 Å². The van der Waals surface area contributed by atoms with Crippen molar-refractivity contribution in [1.29, 1.82) is 0 Å². The van der Waals surface area contributed by atoms with Gasteiger partial charge in [0.15, 0.2) is 0 Å². The van der Waals surface area contributed by atoms with E-state index in [-0.39, 0.29) is 0 Å². The molecule has 2 heteroatoms. The van der Waals surface area contributed by atoms with E-state index in [0.29, 0.717) is 5.92 Å². The lowest BCUT2D eigenvalue weighted by Crippen LogP contribution is -2.32. The molecule has 0 spiro atoms. The van der Waals surface area contributed by atoms with Crippen LogP contribution in [-0.4, -0.2) is 13.0 Å². The Morgan fingerprint density at radius 2 is 2.23 bits per heavy atom. The monoisotopic (exact) mass is 175 g/mol. The van der Waals surface area contributed by atoms with E-state index < -0.39 is 0 Å². The van der Waals surface area contributed by atoms with Gasteiger partial charge in [-0.25, -0.2) is 0 Å². The molecule has 1 heterocycles. The minimum atomic E-state index is 0.570. The number of fused-ring (bicyclic) bond motifs is 1. The summed E-state index contributed by atoms with van der Waals surface area (Å²) in [4.78, 5) is 12.6. The van der Waals surface area contributed by atoms with Crippen LogP contribution < -0.4 is 4.90 Å². The second-order valence-corrected chi connectivity index (χ2v) is 3.70. The zero-order chi connectivity index (χ0) is 9.26. The summed E-state index contributed by atoms with van der Waals surface area (Å²) < 4.78 is 0. The van der Waals surface area contributed by atoms with E-state index in [4.69, 9.17) is 0 Å². The van der Waals surface area contributed by atoms with Gasteiger partial charge in [0.25, 0.3) is 0 Å². The molecule has 0 radical (unpaired) electrons. The first-order valence-electron chi connectivity index (χ1n) is 4.61. The highest BCUT2D eigenvalue weighted by atomic mass is 16.1. The first-order valence-corrected chi connectivity index (χ1v) is 4.61. The maximum atomic E-state index is 10.8. The van der Waals surface area contributed by atoms with Gasteiger partial charge in [-0.1, -0.05) is 25.1 Å². The molecule has 1 aromatic rings. The summed E-state index contributed by atoms with van der Waals surface area (Å²) in [5, 5.41) is 0. The molecule has 2 rings (SSSR count). The van der Waals surface area contributed by atoms with Crippen LogP contribution in [0.5, 0.6) is 0 Å². The van der Waals surface area contributed by atoms with Gasteiger partial charge in [-0.3, -0.25) is 4.79 Å². The summed E-state index contributed by atoms with van der Waals surface area (Å²) in [6.45, 7) is 3.02. The highest BCUT2D eigenvalue weighted by molar-refractivity contribution is 5.77. The third-order valence-electron chi connectivity index (χ3n) is 2.51. The number of para-hydroxylation sites is 1. The number of carbonyl (C=O) groups is 1. The molecule has 0 bridgehead atoms. The molecule has 1 aromatic carbocycles. The van der Waals surface area contributed by atoms with Gasteiger partial charge in [0.05, 0.1) is 0 Å². The number of rotatable bonds is 1. The quantitative estimate of drug-likeness (QED) is 0.596. The molecule has 13 heavy (non-hydrogen) atoms. The van der Waals surface area contributed by atoms with Crippen LogP contribution in [0.15, 0.2) is 24.3 Å². The van der Waals surface area contributed by atoms with E-state index in [1.54, 1.807) is 4.90 Å². The summed E-state index contributed by atoms with van der Waals surface area (Å²) in [5.74, 6) is 0.570. The standard InChI is InChI=1S/C11H13NO/c1-9-6-10-4-2-3-5-11(10)12(7-9)8-13/h2-5,8-9H,6-7H2,1H3/t9-/m1/s1. The predicted octanol–water partition coefficient (Wildman–Crippen LogP) is 1.84. The second-order valence-electron chi connectivity index (χ2n) is 3.70. The van der Waals surface area contributed by atoms with E-state index in [9.17, 15) is 4.79 Å². The Kier molecular flexibility index (Phi) is 2.05. The Hall–Kier alpha value is -1.31. The Labute approximate surface area is 78.2 Å². The molecule has 1 amide bonds. The number of anilines is 1. The number of nitrogens with zero attached hydrogens (tertiary/aromatic N) is 1. The molecule has 0 saturated carbocycles. The lowest BCUT2D eigenvalue weighted by molar-refractivity contribution is -0.107. The SMILES string of the molecule is C[C@@H]1Cc2ccccc2N(C=O)C1. The van der Waals surface area contributed by atoms with Crippen LogP contribution in [0.1, 0.15) is 12.5 Å². The first-order chi connectivity index (χ1) is 6.31. The minimum absolute atomic E-state index is 0.570. The van der Waals surface area contributed by atoms with Crippen LogP contribution in [0.25, 0.3) is 0 Å². The maximum Gasteiger partial charge on any atom is 0.214 e. The van der Waals surface area contributed by atoms with E-state index >= 15 is 0 Å². The Balaban J connectivity index is 2.42. The lowest BCUT2D eigenvalue weighted by atomic mass is 9.94. The van der Waals surface area contributed by atoms with Crippen molar-refractivity contribution in [3.63, 3.8) is 0 Å². The summed E-state index contributed by atoms with van der Waals surface area (Å²) in [6, 6.07) is 8.11. The summed E-state index contributed by atoms with van der Waals surface area (Å²) in [7, 11) is 0. The Morgan fingerprint density at radius 1 is 1.46 bits per heavy atom. The third-order valence-corrected chi connectivity index (χ3v) is 2.51. The number of amides is 1. The molecule has 0 fully saturated rings. The van der Waals surface area contributed by atoms with E-state index in [1.165, 1.54) is 5.56 Å². The smallest absolute Gasteiger partial charge is 0.214 e. The van der Waals surface area contributed by atoms with Crippen LogP contribution >= 0.6 is 0 Å². The van der Waals surface area contributed by atoms with Crippen molar-refractivity contribution in [2.75, 3.05) is 11.4 Å². The van der Waals surface area contributed by atoms with Gasteiger partial charge in [0.1, 0.15) is 0 Å². The molecule has 1 atom stereocenters. The van der Waals surface area contributed by atoms with Crippen molar-refractivity contribution in [3.05, 3.63) is 29.8 Å². The number of benzene rings is 1.